The second kappa shape index (κ2) is 6.37. The van der Waals surface area contributed by atoms with Crippen molar-refractivity contribution in [2.75, 3.05) is 19.6 Å². The molecule has 0 aliphatic carbocycles. The van der Waals surface area contributed by atoms with Crippen molar-refractivity contribution < 1.29 is 14.3 Å². The summed E-state index contributed by atoms with van der Waals surface area (Å²) >= 11 is 0. The van der Waals surface area contributed by atoms with Gasteiger partial charge < -0.3 is 15.4 Å². The van der Waals surface area contributed by atoms with E-state index in [-0.39, 0.29) is 17.8 Å². The molecule has 1 fully saturated rings. The Morgan fingerprint density at radius 3 is 2.47 bits per heavy atom. The van der Waals surface area contributed by atoms with Crippen LogP contribution in [-0.4, -0.2) is 42.0 Å². The summed E-state index contributed by atoms with van der Waals surface area (Å²) in [4.78, 5) is 25.4. The van der Waals surface area contributed by atoms with Crippen LogP contribution in [0.15, 0.2) is 0 Å². The molecule has 2 N–H and O–H groups in total. The van der Waals surface area contributed by atoms with Gasteiger partial charge in [0.15, 0.2) is 0 Å². The molecule has 0 aromatic heterocycles. The Labute approximate surface area is 115 Å². The minimum atomic E-state index is -0.503. The Balaban J connectivity index is 2.66. The number of ether oxygens (including phenoxy) is 1. The van der Waals surface area contributed by atoms with Crippen molar-refractivity contribution in [1.29, 1.82) is 0 Å². The number of rotatable bonds is 3. The lowest BCUT2D eigenvalue weighted by molar-refractivity contribution is -0.124. The molecular formula is C14H26N2O3. The van der Waals surface area contributed by atoms with Crippen LogP contribution in [-0.2, 0) is 9.53 Å². The normalized spacial score (nSPS) is 24.2. The molecular weight excluding hydrogens is 244 g/mol. The predicted molar refractivity (Wildman–Crippen MR) is 73.8 cm³/mol. The number of nitrogens with zero attached hydrogens (tertiary/aromatic N) is 1. The van der Waals surface area contributed by atoms with Crippen LogP contribution >= 0.6 is 0 Å². The fourth-order valence-corrected chi connectivity index (χ4v) is 2.51. The van der Waals surface area contributed by atoms with Gasteiger partial charge in [-0.3, -0.25) is 4.79 Å². The summed E-state index contributed by atoms with van der Waals surface area (Å²) in [6, 6.07) is 0. The molecule has 5 nitrogen and oxygen atoms in total. The Kier molecular flexibility index (Phi) is 5.35. The maximum absolute atomic E-state index is 12.0. The third-order valence-corrected chi connectivity index (χ3v) is 3.47. The van der Waals surface area contributed by atoms with E-state index in [9.17, 15) is 9.59 Å². The van der Waals surface area contributed by atoms with E-state index in [1.807, 2.05) is 20.8 Å². The van der Waals surface area contributed by atoms with Gasteiger partial charge in [0.1, 0.15) is 11.4 Å². The number of carbonyl (C=O) groups excluding carboxylic acids is 2. The van der Waals surface area contributed by atoms with Crippen molar-refractivity contribution in [3.05, 3.63) is 0 Å². The van der Waals surface area contributed by atoms with Gasteiger partial charge in [-0.1, -0.05) is 0 Å². The zero-order valence-electron chi connectivity index (χ0n) is 12.4. The fourth-order valence-electron chi connectivity index (χ4n) is 2.51. The number of likely N-dealkylation sites (tertiary alicyclic amines) is 1. The highest BCUT2D eigenvalue weighted by molar-refractivity contribution is 5.80. The number of ketones is 1. The molecule has 2 unspecified atom stereocenters. The lowest BCUT2D eigenvalue weighted by atomic mass is 9.81. The van der Waals surface area contributed by atoms with Crippen LogP contribution in [0.1, 0.15) is 40.5 Å². The number of hydrogen-bond acceptors (Lipinski definition) is 4. The van der Waals surface area contributed by atoms with Crippen LogP contribution in [0.3, 0.4) is 0 Å². The second-order valence-electron chi connectivity index (χ2n) is 6.27. The SMILES string of the molecule is CC(=O)C1CN(C(=O)OC(C)(C)C)CCC1CCN. The Morgan fingerprint density at radius 2 is 2.00 bits per heavy atom. The van der Waals surface area contributed by atoms with Crippen LogP contribution < -0.4 is 5.73 Å². The van der Waals surface area contributed by atoms with Crippen molar-refractivity contribution in [3.63, 3.8) is 0 Å². The molecule has 1 aliphatic heterocycles. The maximum Gasteiger partial charge on any atom is 0.410 e. The molecule has 5 heteroatoms. The van der Waals surface area contributed by atoms with E-state index in [4.69, 9.17) is 10.5 Å². The molecule has 0 aromatic rings. The summed E-state index contributed by atoms with van der Waals surface area (Å²) in [6.07, 6.45) is 1.33. The van der Waals surface area contributed by atoms with Crippen LogP contribution in [0.2, 0.25) is 0 Å². The zero-order chi connectivity index (χ0) is 14.6. The minimum absolute atomic E-state index is 0.107. The number of carbonyl (C=O) groups is 2. The summed E-state index contributed by atoms with van der Waals surface area (Å²) in [5.74, 6) is 0.317. The number of piperidine rings is 1. The first kappa shape index (κ1) is 16.0. The molecule has 110 valence electrons. The zero-order valence-corrected chi connectivity index (χ0v) is 12.4. The molecule has 0 aromatic carbocycles. The molecule has 1 saturated heterocycles. The summed E-state index contributed by atoms with van der Waals surface area (Å²) in [7, 11) is 0. The number of hydrogen-bond donors (Lipinski definition) is 1. The number of Topliss-reactive ketones (excluding diaryl/α,β-unsaturated/α-hetero) is 1. The molecule has 0 saturated carbocycles. The first-order chi connectivity index (χ1) is 8.74. The highest BCUT2D eigenvalue weighted by Crippen LogP contribution is 2.28. The van der Waals surface area contributed by atoms with E-state index in [0.29, 0.717) is 25.6 Å². The van der Waals surface area contributed by atoms with Crippen molar-refractivity contribution in [2.45, 2.75) is 46.1 Å². The van der Waals surface area contributed by atoms with Crippen LogP contribution in [0.4, 0.5) is 4.79 Å². The highest BCUT2D eigenvalue weighted by Gasteiger charge is 2.35. The molecule has 0 radical (unpaired) electrons. The summed E-state index contributed by atoms with van der Waals surface area (Å²) in [6.45, 7) is 8.80. The molecule has 2 atom stereocenters. The van der Waals surface area contributed by atoms with Crippen molar-refractivity contribution in [3.8, 4) is 0 Å². The van der Waals surface area contributed by atoms with Gasteiger partial charge in [0.05, 0.1) is 0 Å². The molecule has 1 heterocycles. The topological polar surface area (TPSA) is 72.6 Å². The molecule has 19 heavy (non-hydrogen) atoms. The first-order valence-corrected chi connectivity index (χ1v) is 6.93. The average Bonchev–Trinajstić information content (AvgIpc) is 2.27. The Morgan fingerprint density at radius 1 is 1.37 bits per heavy atom. The van der Waals surface area contributed by atoms with Gasteiger partial charge in [0.2, 0.25) is 0 Å². The van der Waals surface area contributed by atoms with E-state index in [1.165, 1.54) is 0 Å². The van der Waals surface area contributed by atoms with Crippen LogP contribution in [0.25, 0.3) is 0 Å². The minimum Gasteiger partial charge on any atom is -0.444 e. The van der Waals surface area contributed by atoms with Crippen molar-refractivity contribution >= 4 is 11.9 Å². The van der Waals surface area contributed by atoms with Crippen LogP contribution in [0, 0.1) is 11.8 Å². The maximum atomic E-state index is 12.0. The standard InChI is InChI=1S/C14H26N2O3/c1-10(17)12-9-16(8-6-11(12)5-7-15)13(18)19-14(2,3)4/h11-12H,5-9,15H2,1-4H3. The van der Waals surface area contributed by atoms with Gasteiger partial charge in [0.25, 0.3) is 0 Å². The average molecular weight is 270 g/mol. The summed E-state index contributed by atoms with van der Waals surface area (Å²) < 4.78 is 5.35. The smallest absolute Gasteiger partial charge is 0.410 e. The Hall–Kier alpha value is -1.10. The lowest BCUT2D eigenvalue weighted by Crippen LogP contribution is -2.48. The molecule has 1 amide bonds. The van der Waals surface area contributed by atoms with Gasteiger partial charge in [-0.25, -0.2) is 4.79 Å². The second-order valence-corrected chi connectivity index (χ2v) is 6.27. The number of amides is 1. The molecule has 0 spiro atoms. The third kappa shape index (κ3) is 4.82. The van der Waals surface area contributed by atoms with Gasteiger partial charge in [-0.05, 0) is 53.0 Å². The first-order valence-electron chi connectivity index (χ1n) is 6.93. The highest BCUT2D eigenvalue weighted by atomic mass is 16.6. The van der Waals surface area contributed by atoms with E-state index in [2.05, 4.69) is 0 Å². The van der Waals surface area contributed by atoms with Crippen molar-refractivity contribution in [1.82, 2.24) is 4.90 Å². The molecule has 1 aliphatic rings. The molecule has 1 rings (SSSR count). The fraction of sp³-hybridized carbons (Fsp3) is 0.857. The van der Waals surface area contributed by atoms with Gasteiger partial charge in [-0.2, -0.15) is 0 Å². The largest absolute Gasteiger partial charge is 0.444 e. The van der Waals surface area contributed by atoms with Crippen molar-refractivity contribution in [2.24, 2.45) is 17.6 Å². The van der Waals surface area contributed by atoms with Gasteiger partial charge in [-0.15, -0.1) is 0 Å². The predicted octanol–water partition coefficient (Wildman–Crippen LogP) is 1.80. The quantitative estimate of drug-likeness (QED) is 0.848. The van der Waals surface area contributed by atoms with E-state index >= 15 is 0 Å². The van der Waals surface area contributed by atoms with E-state index < -0.39 is 5.60 Å². The lowest BCUT2D eigenvalue weighted by Gasteiger charge is -2.38. The monoisotopic (exact) mass is 270 g/mol. The van der Waals surface area contributed by atoms with E-state index in [0.717, 1.165) is 12.8 Å². The number of nitrogens with two attached hydrogens (primary N) is 1. The van der Waals surface area contributed by atoms with E-state index in [1.54, 1.807) is 11.8 Å². The molecule has 0 bridgehead atoms. The Bertz CT molecular complexity index is 336. The van der Waals surface area contributed by atoms with Gasteiger partial charge in [0, 0.05) is 19.0 Å². The third-order valence-electron chi connectivity index (χ3n) is 3.47. The summed E-state index contributed by atoms with van der Waals surface area (Å²) in [5.41, 5.74) is 5.08. The summed E-state index contributed by atoms with van der Waals surface area (Å²) in [5, 5.41) is 0. The van der Waals surface area contributed by atoms with Gasteiger partial charge >= 0.3 is 6.09 Å². The van der Waals surface area contributed by atoms with Crippen LogP contribution in [0.5, 0.6) is 0 Å².